The number of nitrogen functional groups attached to an aromatic ring is 2. The molecule has 0 radical (unpaired) electrons. The Balaban J connectivity index is 1.19. The van der Waals surface area contributed by atoms with Crippen LogP contribution in [0, 0.1) is 0 Å². The molecule has 2 aliphatic heterocycles. The van der Waals surface area contributed by atoms with Crippen molar-refractivity contribution in [3.63, 3.8) is 0 Å². The van der Waals surface area contributed by atoms with Crippen molar-refractivity contribution in [2.24, 2.45) is 0 Å². The number of rotatable bonds is 8. The minimum Gasteiger partial charge on any atom is -0.394 e. The number of imidazole rings is 2. The van der Waals surface area contributed by atoms with Crippen LogP contribution < -0.4 is 17.0 Å². The number of aliphatic hydroxyl groups excluding tert-OH is 4. The molecule has 10 N–H and O–H groups in total. The van der Waals surface area contributed by atoms with Crippen LogP contribution in [0.5, 0.6) is 0 Å². The second kappa shape index (κ2) is 10.6. The highest BCUT2D eigenvalue weighted by molar-refractivity contribution is 7.47. The molecule has 6 heterocycles. The summed E-state index contributed by atoms with van der Waals surface area (Å²) in [7, 11) is -5.06. The highest BCUT2D eigenvalue weighted by Gasteiger charge is 2.50. The molecule has 42 heavy (non-hydrogen) atoms. The first-order valence-electron chi connectivity index (χ1n) is 12.3. The third kappa shape index (κ3) is 4.80. The smallest absolute Gasteiger partial charge is 0.394 e. The van der Waals surface area contributed by atoms with Gasteiger partial charge >= 0.3 is 7.82 Å². The van der Waals surface area contributed by atoms with E-state index in [2.05, 4.69) is 29.9 Å². The molecule has 0 amide bonds. The van der Waals surface area contributed by atoms with Gasteiger partial charge in [0.15, 0.2) is 35.1 Å². The van der Waals surface area contributed by atoms with E-state index in [0.717, 1.165) is 10.9 Å². The van der Waals surface area contributed by atoms with Crippen molar-refractivity contribution < 1.29 is 48.4 Å². The van der Waals surface area contributed by atoms with Gasteiger partial charge in [0.2, 0.25) is 5.95 Å². The largest absolute Gasteiger partial charge is 0.472 e. The monoisotopic (exact) mass is 612 g/mol. The maximum Gasteiger partial charge on any atom is 0.472 e. The van der Waals surface area contributed by atoms with Crippen LogP contribution in [0.1, 0.15) is 12.5 Å². The molecule has 226 valence electrons. The van der Waals surface area contributed by atoms with Gasteiger partial charge in [-0.25, -0.2) is 24.5 Å². The fourth-order valence-corrected chi connectivity index (χ4v) is 5.77. The predicted octanol–water partition coefficient (Wildman–Crippen LogP) is -3.50. The van der Waals surface area contributed by atoms with Gasteiger partial charge in [0.25, 0.3) is 5.56 Å². The van der Waals surface area contributed by atoms with Gasteiger partial charge in [-0.15, -0.1) is 0 Å². The van der Waals surface area contributed by atoms with Gasteiger partial charge in [0, 0.05) is 0 Å². The number of ether oxygens (including phenoxy) is 2. The summed E-state index contributed by atoms with van der Waals surface area (Å²) in [6, 6.07) is 0. The first kappa shape index (κ1) is 28.5. The molecule has 1 unspecified atom stereocenters. The van der Waals surface area contributed by atoms with Crippen molar-refractivity contribution in [2.75, 3.05) is 24.7 Å². The summed E-state index contributed by atoms with van der Waals surface area (Å²) in [5, 5.41) is 41.5. The van der Waals surface area contributed by atoms with E-state index in [1.807, 2.05) is 0 Å². The number of phosphoric ester groups is 1. The number of nitrogens with one attached hydrogen (secondary N) is 1. The van der Waals surface area contributed by atoms with Crippen LogP contribution in [0.15, 0.2) is 23.8 Å². The van der Waals surface area contributed by atoms with E-state index in [0.29, 0.717) is 0 Å². The molecule has 0 saturated carbocycles. The molecular weight excluding hydrogens is 587 g/mol. The van der Waals surface area contributed by atoms with E-state index in [4.69, 9.17) is 30.0 Å². The minimum absolute atomic E-state index is 0.0830. The van der Waals surface area contributed by atoms with E-state index in [-0.39, 0.29) is 34.1 Å². The van der Waals surface area contributed by atoms with E-state index in [1.165, 1.54) is 17.2 Å². The Morgan fingerprint density at radius 3 is 2.38 bits per heavy atom. The molecule has 4 aromatic heterocycles. The number of nitrogens with zero attached hydrogens (tertiary/aromatic N) is 7. The van der Waals surface area contributed by atoms with Crippen molar-refractivity contribution in [3.8, 4) is 0 Å². The number of aromatic amines is 1. The number of nitrogens with two attached hydrogens (primary N) is 2. The lowest BCUT2D eigenvalue weighted by molar-refractivity contribution is -0.0615. The second-order valence-electron chi connectivity index (χ2n) is 9.48. The maximum atomic E-state index is 13.0. The summed E-state index contributed by atoms with van der Waals surface area (Å²) in [4.78, 5) is 44.9. The van der Waals surface area contributed by atoms with Crippen LogP contribution in [0.2, 0.25) is 0 Å². The van der Waals surface area contributed by atoms with E-state index < -0.39 is 75.7 Å². The van der Waals surface area contributed by atoms with E-state index in [1.54, 1.807) is 0 Å². The van der Waals surface area contributed by atoms with Crippen LogP contribution in [0.25, 0.3) is 22.3 Å². The van der Waals surface area contributed by atoms with E-state index >= 15 is 0 Å². The zero-order valence-electron chi connectivity index (χ0n) is 21.2. The molecule has 0 aliphatic carbocycles. The van der Waals surface area contributed by atoms with Gasteiger partial charge in [0.1, 0.15) is 48.5 Å². The molecule has 2 fully saturated rings. The van der Waals surface area contributed by atoms with Crippen molar-refractivity contribution in [1.82, 2.24) is 39.0 Å². The lowest BCUT2D eigenvalue weighted by atomic mass is 10.1. The Bertz CT molecular complexity index is 1730. The zero-order chi connectivity index (χ0) is 29.9. The minimum atomic E-state index is -5.06. The van der Waals surface area contributed by atoms with Crippen LogP contribution in [0.3, 0.4) is 0 Å². The summed E-state index contributed by atoms with van der Waals surface area (Å²) in [5.74, 6) is -0.171. The number of aliphatic hydroxyl groups is 4. The fraction of sp³-hybridized carbons (Fsp3) is 0.500. The molecule has 22 heteroatoms. The van der Waals surface area contributed by atoms with Crippen LogP contribution in [0.4, 0.5) is 11.8 Å². The summed E-state index contributed by atoms with van der Waals surface area (Å²) in [5.41, 5.74) is 11.0. The third-order valence-corrected chi connectivity index (χ3v) is 7.86. The lowest BCUT2D eigenvalue weighted by Gasteiger charge is -2.24. The molecule has 0 bridgehead atoms. The molecule has 2 aliphatic rings. The molecular formula is C20H25N10O11P. The zero-order valence-corrected chi connectivity index (χ0v) is 22.1. The van der Waals surface area contributed by atoms with Crippen LogP contribution >= 0.6 is 7.82 Å². The van der Waals surface area contributed by atoms with E-state index in [9.17, 15) is 34.7 Å². The van der Waals surface area contributed by atoms with Crippen molar-refractivity contribution in [3.05, 3.63) is 29.3 Å². The van der Waals surface area contributed by atoms with Gasteiger partial charge in [-0.3, -0.25) is 28.0 Å². The Morgan fingerprint density at radius 2 is 1.64 bits per heavy atom. The maximum absolute atomic E-state index is 13.0. The molecule has 9 atom stereocenters. The molecule has 6 rings (SSSR count). The summed E-state index contributed by atoms with van der Waals surface area (Å²) < 4.78 is 37.0. The van der Waals surface area contributed by atoms with Gasteiger partial charge in [0.05, 0.1) is 25.9 Å². The normalized spacial score (nSPS) is 31.3. The number of hydrogen-bond acceptors (Lipinski definition) is 17. The first-order chi connectivity index (χ1) is 20.0. The molecule has 4 aromatic rings. The Morgan fingerprint density at radius 1 is 0.952 bits per heavy atom. The quantitative estimate of drug-likeness (QED) is 0.0894. The molecule has 0 aromatic carbocycles. The fourth-order valence-electron chi connectivity index (χ4n) is 4.84. The lowest BCUT2D eigenvalue weighted by Crippen LogP contribution is -2.36. The average Bonchev–Trinajstić information content (AvgIpc) is 3.69. The van der Waals surface area contributed by atoms with Crippen molar-refractivity contribution in [2.45, 2.75) is 49.1 Å². The topological polar surface area (TPSA) is 314 Å². The number of anilines is 2. The Kier molecular flexibility index (Phi) is 7.17. The number of fused-ring (bicyclic) bond motifs is 2. The standard InChI is InChI=1S/C20H25N10O11P/c21-14-8-15(24-3-23-14)29(4-25-8)18-12(34)10(32)7(40-18)2-38-42(36,37)41-13-11(33)6(1-31)39-19(13)30-5-26-9-16(30)27-20(22)28-17(9)35/h3-7,10-13,18-19,31-34H,1-2H2,(H,36,37)(H2,21,23,24)(H3,22,27,28,35)/t6-,7+,10+,11+,12-,13+,18+,19-/m1/s1. The third-order valence-electron chi connectivity index (χ3n) is 6.87. The highest BCUT2D eigenvalue weighted by atomic mass is 31.2. The summed E-state index contributed by atoms with van der Waals surface area (Å²) >= 11 is 0. The van der Waals surface area contributed by atoms with Crippen LogP contribution in [-0.4, -0.2) is 114 Å². The van der Waals surface area contributed by atoms with Gasteiger partial charge < -0.3 is 46.3 Å². The second-order valence-corrected chi connectivity index (χ2v) is 10.9. The molecule has 0 spiro atoms. The van der Waals surface area contributed by atoms with Crippen molar-refractivity contribution >= 4 is 41.9 Å². The summed E-state index contributed by atoms with van der Waals surface area (Å²) in [6.45, 7) is -1.44. The predicted molar refractivity (Wildman–Crippen MR) is 136 cm³/mol. The Hall–Kier alpha value is -3.63. The van der Waals surface area contributed by atoms with Crippen LogP contribution in [-0.2, 0) is 23.1 Å². The Labute approximate surface area is 232 Å². The SMILES string of the molecule is Nc1nc2c(ncn2[C@@H]2O[C@H](CO)[C@H](O)[C@@H]2OP(=O)(O)OC[C@@H]2O[C@H](n3cnc4c(N)ncnc43)[C@H](O)[C@H]2O)c(=O)[nH]1. The van der Waals surface area contributed by atoms with Gasteiger partial charge in [-0.2, -0.15) is 4.98 Å². The molecule has 2 saturated heterocycles. The van der Waals surface area contributed by atoms with Gasteiger partial charge in [-0.1, -0.05) is 0 Å². The summed E-state index contributed by atoms with van der Waals surface area (Å²) in [6.07, 6.45) is -8.05. The highest BCUT2D eigenvalue weighted by Crippen LogP contribution is 2.50. The molecule has 21 nitrogen and oxygen atoms in total. The number of phosphoric acid groups is 1. The van der Waals surface area contributed by atoms with Crippen molar-refractivity contribution in [1.29, 1.82) is 0 Å². The number of aromatic nitrogens is 8. The first-order valence-corrected chi connectivity index (χ1v) is 13.8. The van der Waals surface area contributed by atoms with Gasteiger partial charge in [-0.05, 0) is 0 Å². The average molecular weight is 612 g/mol. The number of hydrogen-bond donors (Lipinski definition) is 8. The number of H-pyrrole nitrogens is 1.